The fourth-order valence-corrected chi connectivity index (χ4v) is 8.98. The number of anilines is 4. The molecule has 12 bridgehead atoms. The summed E-state index contributed by atoms with van der Waals surface area (Å²) < 4.78 is 93.3. The third kappa shape index (κ3) is 7.46. The molecule has 8 aromatic carbocycles. The largest absolute Gasteiger partial charge is 0.509 e. The number of pyridine rings is 1. The van der Waals surface area contributed by atoms with Crippen LogP contribution in [0.4, 0.5) is 22.7 Å². The number of aromatic nitrogens is 2. The number of hydrogen-bond donors (Lipinski definition) is 0. The third-order valence-electron chi connectivity index (χ3n) is 12.2. The predicted molar refractivity (Wildman–Crippen MR) is 269 cm³/mol. The van der Waals surface area contributed by atoms with Crippen molar-refractivity contribution in [2.24, 2.45) is 0 Å². The van der Waals surface area contributed by atoms with Crippen LogP contribution < -0.4 is 19.3 Å². The minimum Gasteiger partial charge on any atom is -0.509 e. The van der Waals surface area contributed by atoms with Gasteiger partial charge >= 0.3 is 0 Å². The normalized spacial score (nSPS) is 15.2. The Morgan fingerprint density at radius 1 is 0.627 bits per heavy atom. The van der Waals surface area contributed by atoms with Crippen LogP contribution in [0.1, 0.15) is 49.8 Å². The molecule has 4 aliphatic rings. The minimum atomic E-state index is -2.93. The summed E-state index contributed by atoms with van der Waals surface area (Å²) in [6.07, 6.45) is 1.44. The average Bonchev–Trinajstić information content (AvgIpc) is 4.10. The number of fused-ring (bicyclic) bond motifs is 5. The Bertz CT molecular complexity index is 3950. The van der Waals surface area contributed by atoms with E-state index < -0.39 is 37.4 Å². The van der Waals surface area contributed by atoms with Crippen molar-refractivity contribution >= 4 is 44.6 Å². The van der Waals surface area contributed by atoms with Crippen LogP contribution in [0.3, 0.4) is 0 Å². The molecule has 14 rings (SSSR count). The van der Waals surface area contributed by atoms with E-state index in [0.717, 1.165) is 44.9 Å². The van der Waals surface area contributed by atoms with Gasteiger partial charge in [-0.25, -0.2) is 4.98 Å². The smallest absolute Gasteiger partial charge is 0.135 e. The zero-order chi connectivity index (χ0) is 52.3. The van der Waals surface area contributed by atoms with Gasteiger partial charge in [-0.05, 0) is 119 Å². The monoisotopic (exact) mass is 1060 g/mol. The van der Waals surface area contributed by atoms with Gasteiger partial charge in [-0.3, -0.25) is 0 Å². The van der Waals surface area contributed by atoms with Crippen LogP contribution in [0.2, 0.25) is 0 Å². The third-order valence-corrected chi connectivity index (χ3v) is 12.2. The Morgan fingerprint density at radius 3 is 2.15 bits per heavy atom. The number of ether oxygens (including phenoxy) is 2. The van der Waals surface area contributed by atoms with Crippen molar-refractivity contribution in [2.75, 3.05) is 9.80 Å². The van der Waals surface area contributed by atoms with E-state index in [0.29, 0.717) is 39.4 Å². The van der Waals surface area contributed by atoms with Gasteiger partial charge in [0.2, 0.25) is 0 Å². The van der Waals surface area contributed by atoms with Gasteiger partial charge in [-0.1, -0.05) is 105 Å². The van der Waals surface area contributed by atoms with Gasteiger partial charge in [-0.2, -0.15) is 12.1 Å². The van der Waals surface area contributed by atoms with Crippen molar-refractivity contribution in [3.05, 3.63) is 211 Å². The summed E-state index contributed by atoms with van der Waals surface area (Å²) in [5.74, 6) is 1.65. The predicted octanol–water partition coefficient (Wildman–Crippen LogP) is 16.0. The number of hydrogen-bond acceptors (Lipinski definition) is 5. The first-order valence-electron chi connectivity index (χ1n) is 26.2. The van der Waals surface area contributed by atoms with Gasteiger partial charge in [0.05, 0.1) is 4.11 Å². The number of nitrogens with zero attached hydrogens (tertiary/aromatic N) is 4. The summed E-state index contributed by atoms with van der Waals surface area (Å²) in [6, 6.07) is 53.7. The average molecular weight is 1060 g/mol. The van der Waals surface area contributed by atoms with Gasteiger partial charge < -0.3 is 23.8 Å². The standard InChI is InChI=1S/C60H45N4O2.Pt/c1-38-21-27-49-50-28-26-48-35-57(50)64(56(49)29-38)58-30-39(2)53(36-61-58)41-22-24-45(25-23-41)65-46-17-11-15-42(31-46)52-33-43(60(3,4)5)32-51(40-13-7-6-8-14-40)59(52)63-37-62(54-19-9-10-20-55(54)63)44-16-12-18-47(34-44)66-48;/h6-33,36-37H,1-5H3;/q-3;/i1D3,2D3,21D,27D,29D;. The van der Waals surface area contributed by atoms with Gasteiger partial charge in [0.15, 0.2) is 0 Å². The molecule has 67 heavy (non-hydrogen) atoms. The van der Waals surface area contributed by atoms with Crippen molar-refractivity contribution in [2.45, 2.75) is 39.9 Å². The summed E-state index contributed by atoms with van der Waals surface area (Å²) in [7, 11) is 0. The number of rotatable bonds is 1. The first-order valence-corrected chi connectivity index (χ1v) is 21.7. The zero-order valence-electron chi connectivity index (χ0n) is 45.5. The molecule has 0 spiro atoms. The van der Waals surface area contributed by atoms with E-state index >= 15 is 0 Å². The molecule has 0 saturated carbocycles. The summed E-state index contributed by atoms with van der Waals surface area (Å²) in [4.78, 5) is 9.09. The molecule has 6 nitrogen and oxygen atoms in total. The summed E-state index contributed by atoms with van der Waals surface area (Å²) >= 11 is 0. The van der Waals surface area contributed by atoms with Gasteiger partial charge in [0.25, 0.3) is 0 Å². The second kappa shape index (κ2) is 16.5. The molecule has 0 aliphatic carbocycles. The van der Waals surface area contributed by atoms with E-state index in [1.165, 1.54) is 16.8 Å². The second-order valence-corrected chi connectivity index (χ2v) is 17.5. The van der Waals surface area contributed by atoms with E-state index in [1.807, 2.05) is 60.7 Å². The van der Waals surface area contributed by atoms with Crippen molar-refractivity contribution < 1.29 is 42.9 Å². The first kappa shape index (κ1) is 33.1. The number of para-hydroxylation sites is 2. The maximum absolute atomic E-state index is 9.36. The maximum atomic E-state index is 9.36. The molecule has 2 aromatic heterocycles. The van der Waals surface area contributed by atoms with E-state index in [1.54, 1.807) is 42.5 Å². The van der Waals surface area contributed by atoms with Crippen LogP contribution in [-0.4, -0.2) is 9.55 Å². The minimum absolute atomic E-state index is 0. The van der Waals surface area contributed by atoms with E-state index in [2.05, 4.69) is 91.8 Å². The van der Waals surface area contributed by atoms with Crippen molar-refractivity contribution in [3.63, 3.8) is 0 Å². The molecule has 10 aromatic rings. The van der Waals surface area contributed by atoms with Crippen LogP contribution in [-0.2, 0) is 26.5 Å². The number of aryl methyl sites for hydroxylation is 1. The Balaban J connectivity index is 0.00000616. The molecule has 0 fully saturated rings. The molecule has 330 valence electrons. The van der Waals surface area contributed by atoms with Crippen molar-refractivity contribution in [1.82, 2.24) is 9.55 Å². The second-order valence-electron chi connectivity index (χ2n) is 17.5. The molecule has 0 amide bonds. The van der Waals surface area contributed by atoms with Crippen molar-refractivity contribution in [3.8, 4) is 62.2 Å². The van der Waals surface area contributed by atoms with Gasteiger partial charge in [0, 0.05) is 86.3 Å². The van der Waals surface area contributed by atoms with Crippen molar-refractivity contribution in [1.29, 1.82) is 0 Å². The maximum Gasteiger partial charge on any atom is 0.135 e. The van der Waals surface area contributed by atoms with E-state index in [9.17, 15) is 2.74 Å². The molecule has 0 atom stereocenters. The fraction of sp³-hybridized carbons (Fsp3) is 0.100. The molecule has 0 saturated heterocycles. The van der Waals surface area contributed by atoms with E-state index in [-0.39, 0.29) is 60.0 Å². The van der Waals surface area contributed by atoms with Crippen LogP contribution >= 0.6 is 0 Å². The Hall–Kier alpha value is -7.40. The topological polar surface area (TPSA) is 42.8 Å². The van der Waals surface area contributed by atoms with Crippen LogP contribution in [0.25, 0.3) is 61.0 Å². The molecular weight excluding hydrogens is 1000 g/mol. The molecular formula is C60H45N4O2Pt-3. The molecule has 4 aliphatic heterocycles. The Kier molecular flexibility index (Phi) is 8.15. The van der Waals surface area contributed by atoms with Crippen LogP contribution in [0.5, 0.6) is 23.0 Å². The Morgan fingerprint density at radius 2 is 1.36 bits per heavy atom. The molecule has 0 unspecified atom stereocenters. The SMILES string of the molecule is [2H]c1c(C([2H])([2H])[2H])c([2H])c2c(c1[2H])c1ccc3[c-]c1n2-c1cc(C([2H])([2H])[2H])c(cn1)-c1ccc(cc1)Oc1cccc(c1)-c1cc(C(C)(C)C)cc(-c2ccccc2)c1N1[CH-]N(c2[c-]c(ccc2)O3)c2ccccc21.[Pt]. The van der Waals surface area contributed by atoms with Crippen LogP contribution in [0, 0.1) is 32.5 Å². The van der Waals surface area contributed by atoms with Crippen LogP contribution in [0.15, 0.2) is 176 Å². The molecule has 0 radical (unpaired) electrons. The zero-order valence-corrected chi connectivity index (χ0v) is 38.8. The van der Waals surface area contributed by atoms with Gasteiger partial charge in [-0.15, -0.1) is 48.1 Å². The summed E-state index contributed by atoms with van der Waals surface area (Å²) in [5.41, 5.74) is 8.66. The first-order chi connectivity index (χ1) is 35.8. The molecule has 6 heterocycles. The Labute approximate surface area is 418 Å². The molecule has 7 heteroatoms. The fourth-order valence-electron chi connectivity index (χ4n) is 8.98. The molecule has 0 N–H and O–H groups in total. The summed E-state index contributed by atoms with van der Waals surface area (Å²) in [5, 5.41) is 0.464. The number of benzene rings is 8. The summed E-state index contributed by atoms with van der Waals surface area (Å²) in [6.45, 7) is 3.10. The quantitative estimate of drug-likeness (QED) is 0.153. The van der Waals surface area contributed by atoms with Gasteiger partial charge in [0.1, 0.15) is 17.3 Å². The van der Waals surface area contributed by atoms with E-state index in [4.69, 9.17) is 24.1 Å².